The first-order valence-electron chi connectivity index (χ1n) is 6.37. The maximum atomic E-state index is 12.0. The lowest BCUT2D eigenvalue weighted by molar-refractivity contribution is -0.385. The van der Waals surface area contributed by atoms with E-state index < -0.39 is 16.4 Å². The van der Waals surface area contributed by atoms with Gasteiger partial charge in [-0.15, -0.1) is 10.2 Å². The quantitative estimate of drug-likeness (QED) is 0.605. The maximum Gasteiger partial charge on any atom is 0.286 e. The molecule has 2 rings (SSSR count). The first kappa shape index (κ1) is 16.7. The molecule has 1 amide bonds. The summed E-state index contributed by atoms with van der Waals surface area (Å²) in [6.07, 6.45) is 1.03. The zero-order chi connectivity index (χ0) is 17.0. The van der Waals surface area contributed by atoms with E-state index in [0.717, 1.165) is 22.1 Å². The van der Waals surface area contributed by atoms with Crippen LogP contribution in [0, 0.1) is 17.0 Å². The molecule has 0 fully saturated rings. The number of amides is 1. The number of hydrogen-bond donors (Lipinski definition) is 1. The number of nitrogens with zero attached hydrogens (tertiary/aromatic N) is 4. The van der Waals surface area contributed by atoms with E-state index in [9.17, 15) is 19.7 Å². The second kappa shape index (κ2) is 7.07. The van der Waals surface area contributed by atoms with Crippen LogP contribution in [-0.4, -0.2) is 32.7 Å². The highest BCUT2D eigenvalue weighted by atomic mass is 32.1. The van der Waals surface area contributed by atoms with E-state index in [1.54, 1.807) is 0 Å². The third-order valence-corrected chi connectivity index (χ3v) is 3.57. The van der Waals surface area contributed by atoms with E-state index in [1.165, 1.54) is 20.1 Å². The minimum atomic E-state index is -0.622. The van der Waals surface area contributed by atoms with Crippen molar-refractivity contribution in [3.63, 3.8) is 0 Å². The normalized spacial score (nSPS) is 10.5. The van der Waals surface area contributed by atoms with Crippen LogP contribution in [-0.2, 0) is 22.7 Å². The molecule has 2 aromatic heterocycles. The van der Waals surface area contributed by atoms with Crippen molar-refractivity contribution in [1.29, 1.82) is 0 Å². The third kappa shape index (κ3) is 4.17. The van der Waals surface area contributed by atoms with E-state index in [1.807, 2.05) is 0 Å². The van der Waals surface area contributed by atoms with Crippen LogP contribution in [0.4, 0.5) is 10.8 Å². The molecule has 1 N–H and O–H groups in total. The fourth-order valence-electron chi connectivity index (χ4n) is 1.78. The zero-order valence-corrected chi connectivity index (χ0v) is 13.1. The van der Waals surface area contributed by atoms with Crippen molar-refractivity contribution in [3.8, 4) is 0 Å². The molecule has 0 aliphatic heterocycles. The minimum Gasteiger partial charge on any atom is -0.377 e. The Kier molecular flexibility index (Phi) is 5.13. The Morgan fingerprint density at radius 3 is 2.91 bits per heavy atom. The molecule has 122 valence electrons. The SMILES string of the molecule is COCc1nnc(NC(=O)Cn2cc([N+](=O)[O-])cc(C)c2=O)s1. The average Bonchev–Trinajstić information content (AvgIpc) is 2.91. The Labute approximate surface area is 133 Å². The number of rotatable bonds is 6. The number of aromatic nitrogens is 3. The van der Waals surface area contributed by atoms with Crippen LogP contribution in [0.25, 0.3) is 0 Å². The molecule has 0 radical (unpaired) electrons. The van der Waals surface area contributed by atoms with E-state index in [-0.39, 0.29) is 29.5 Å². The number of carbonyl (C=O) groups is 1. The highest BCUT2D eigenvalue weighted by Crippen LogP contribution is 2.16. The second-order valence-corrected chi connectivity index (χ2v) is 5.62. The molecule has 0 atom stereocenters. The Hall–Kier alpha value is -2.66. The van der Waals surface area contributed by atoms with Crippen LogP contribution in [0.5, 0.6) is 0 Å². The van der Waals surface area contributed by atoms with Crippen LogP contribution in [0.3, 0.4) is 0 Å². The number of methoxy groups -OCH3 is 1. The third-order valence-electron chi connectivity index (χ3n) is 2.76. The lowest BCUT2D eigenvalue weighted by atomic mass is 10.3. The Bertz CT molecular complexity index is 799. The number of nitrogens with one attached hydrogen (secondary N) is 1. The first-order valence-corrected chi connectivity index (χ1v) is 7.19. The van der Waals surface area contributed by atoms with Crippen molar-refractivity contribution >= 4 is 28.1 Å². The Morgan fingerprint density at radius 1 is 1.52 bits per heavy atom. The van der Waals surface area contributed by atoms with Gasteiger partial charge in [0.25, 0.3) is 11.2 Å². The highest BCUT2D eigenvalue weighted by molar-refractivity contribution is 7.15. The summed E-state index contributed by atoms with van der Waals surface area (Å²) < 4.78 is 5.88. The number of anilines is 1. The molecule has 23 heavy (non-hydrogen) atoms. The molecular weight excluding hydrogens is 326 g/mol. The van der Waals surface area contributed by atoms with Gasteiger partial charge in [-0.25, -0.2) is 0 Å². The number of ether oxygens (including phenoxy) is 1. The van der Waals surface area contributed by atoms with Crippen molar-refractivity contribution in [2.75, 3.05) is 12.4 Å². The van der Waals surface area contributed by atoms with Gasteiger partial charge < -0.3 is 4.74 Å². The second-order valence-electron chi connectivity index (χ2n) is 4.55. The Balaban J connectivity index is 2.13. The molecule has 10 nitrogen and oxygen atoms in total. The van der Waals surface area contributed by atoms with Crippen molar-refractivity contribution in [3.05, 3.63) is 43.3 Å². The first-order chi connectivity index (χ1) is 10.9. The fourth-order valence-corrected chi connectivity index (χ4v) is 2.51. The van der Waals surface area contributed by atoms with Crippen LogP contribution in [0.1, 0.15) is 10.6 Å². The van der Waals surface area contributed by atoms with Gasteiger partial charge in [-0.05, 0) is 6.92 Å². The van der Waals surface area contributed by atoms with Crippen LogP contribution >= 0.6 is 11.3 Å². The summed E-state index contributed by atoms with van der Waals surface area (Å²) >= 11 is 1.14. The van der Waals surface area contributed by atoms with E-state index in [0.29, 0.717) is 5.01 Å². The number of carbonyl (C=O) groups excluding carboxylic acids is 1. The largest absolute Gasteiger partial charge is 0.377 e. The summed E-state index contributed by atoms with van der Waals surface area (Å²) in [7, 11) is 1.51. The summed E-state index contributed by atoms with van der Waals surface area (Å²) in [4.78, 5) is 34.1. The molecule has 11 heteroatoms. The monoisotopic (exact) mass is 339 g/mol. The van der Waals surface area contributed by atoms with Gasteiger partial charge in [0.15, 0.2) is 0 Å². The molecule has 0 aliphatic rings. The van der Waals surface area contributed by atoms with Gasteiger partial charge in [-0.3, -0.25) is 29.6 Å². The van der Waals surface area contributed by atoms with E-state index >= 15 is 0 Å². The van der Waals surface area contributed by atoms with Gasteiger partial charge in [-0.1, -0.05) is 11.3 Å². The lowest BCUT2D eigenvalue weighted by Gasteiger charge is -2.06. The van der Waals surface area contributed by atoms with Crippen molar-refractivity contribution in [2.45, 2.75) is 20.1 Å². The van der Waals surface area contributed by atoms with Gasteiger partial charge in [0.05, 0.1) is 11.1 Å². The predicted octanol–water partition coefficient (Wildman–Crippen LogP) is 0.702. The molecule has 0 aromatic carbocycles. The molecule has 2 aromatic rings. The molecule has 0 saturated carbocycles. The molecule has 2 heterocycles. The number of aryl methyl sites for hydroxylation is 1. The van der Waals surface area contributed by atoms with Crippen LogP contribution in [0.15, 0.2) is 17.1 Å². The average molecular weight is 339 g/mol. The Morgan fingerprint density at radius 2 is 2.26 bits per heavy atom. The lowest BCUT2D eigenvalue weighted by Crippen LogP contribution is -2.28. The number of hydrogen-bond acceptors (Lipinski definition) is 8. The summed E-state index contributed by atoms with van der Waals surface area (Å²) in [5, 5.41) is 21.7. The standard InChI is InChI=1S/C12H13N5O5S/c1-7-3-8(17(20)21)4-16(11(7)19)5-9(18)13-12-15-14-10(23-12)6-22-2/h3-4H,5-6H2,1-2H3,(H,13,15,18). The van der Waals surface area contributed by atoms with Crippen LogP contribution < -0.4 is 10.9 Å². The predicted molar refractivity (Wildman–Crippen MR) is 81.3 cm³/mol. The number of nitro groups is 1. The molecule has 0 saturated heterocycles. The molecule has 0 bridgehead atoms. The zero-order valence-electron chi connectivity index (χ0n) is 12.3. The maximum absolute atomic E-state index is 12.0. The topological polar surface area (TPSA) is 129 Å². The van der Waals surface area contributed by atoms with Crippen molar-refractivity contribution < 1.29 is 14.5 Å². The van der Waals surface area contributed by atoms with Gasteiger partial charge in [0.2, 0.25) is 11.0 Å². The molecule has 0 unspecified atom stereocenters. The van der Waals surface area contributed by atoms with Crippen molar-refractivity contribution in [2.24, 2.45) is 0 Å². The van der Waals surface area contributed by atoms with Gasteiger partial charge in [0.1, 0.15) is 18.2 Å². The minimum absolute atomic E-state index is 0.185. The number of pyridine rings is 1. The van der Waals surface area contributed by atoms with Crippen LogP contribution in [0.2, 0.25) is 0 Å². The summed E-state index contributed by atoms with van der Waals surface area (Å²) in [5.41, 5.74) is -0.540. The van der Waals surface area contributed by atoms with Gasteiger partial charge in [-0.2, -0.15) is 0 Å². The summed E-state index contributed by atoms with van der Waals surface area (Å²) in [6, 6.07) is 1.17. The molecule has 0 aliphatic carbocycles. The van der Waals surface area contributed by atoms with E-state index in [2.05, 4.69) is 15.5 Å². The fraction of sp³-hybridized carbons (Fsp3) is 0.333. The molecular formula is C12H13N5O5S. The smallest absolute Gasteiger partial charge is 0.286 e. The van der Waals surface area contributed by atoms with Crippen molar-refractivity contribution in [1.82, 2.24) is 14.8 Å². The highest BCUT2D eigenvalue weighted by Gasteiger charge is 2.14. The van der Waals surface area contributed by atoms with Gasteiger partial charge in [0, 0.05) is 18.7 Å². The summed E-state index contributed by atoms with van der Waals surface area (Å²) in [5.74, 6) is -0.535. The van der Waals surface area contributed by atoms with Gasteiger partial charge >= 0.3 is 0 Å². The van der Waals surface area contributed by atoms with E-state index in [4.69, 9.17) is 4.74 Å². The molecule has 0 spiro atoms. The summed E-state index contributed by atoms with van der Waals surface area (Å²) in [6.45, 7) is 1.36.